The Hall–Kier alpha value is -1.84. The number of nitrogens with one attached hydrogen (secondary N) is 1. The van der Waals surface area contributed by atoms with Gasteiger partial charge in [-0.2, -0.15) is 0 Å². The van der Waals surface area contributed by atoms with Crippen molar-refractivity contribution in [2.75, 3.05) is 0 Å². The number of carboxylic acid groups (broad SMARTS) is 1. The number of carbonyl (C=O) groups excluding carboxylic acids is 1. The molecule has 0 heterocycles. The van der Waals surface area contributed by atoms with Crippen molar-refractivity contribution in [3.63, 3.8) is 0 Å². The van der Waals surface area contributed by atoms with Gasteiger partial charge in [0.05, 0.1) is 12.0 Å². The van der Waals surface area contributed by atoms with E-state index in [1.807, 2.05) is 30.3 Å². The number of hydrogen-bond donors (Lipinski definition) is 2. The van der Waals surface area contributed by atoms with Gasteiger partial charge >= 0.3 is 5.97 Å². The highest BCUT2D eigenvalue weighted by Gasteiger charge is 2.33. The molecule has 1 aliphatic carbocycles. The summed E-state index contributed by atoms with van der Waals surface area (Å²) in [5.41, 5.74) is 1.02. The zero-order valence-electron chi connectivity index (χ0n) is 14.2. The number of carbonyl (C=O) groups is 2. The van der Waals surface area contributed by atoms with Gasteiger partial charge in [0.15, 0.2) is 0 Å². The lowest BCUT2D eigenvalue weighted by Crippen LogP contribution is -2.41. The molecule has 4 nitrogen and oxygen atoms in total. The molecule has 4 heteroatoms. The topological polar surface area (TPSA) is 66.4 Å². The van der Waals surface area contributed by atoms with E-state index in [2.05, 4.69) is 26.1 Å². The number of carboxylic acids is 1. The first-order chi connectivity index (χ1) is 10.8. The van der Waals surface area contributed by atoms with Crippen LogP contribution in [0.1, 0.15) is 58.1 Å². The molecular formula is C19H27NO3. The van der Waals surface area contributed by atoms with Gasteiger partial charge in [-0.25, -0.2) is 0 Å². The zero-order valence-corrected chi connectivity index (χ0v) is 14.2. The number of rotatable bonds is 4. The smallest absolute Gasteiger partial charge is 0.306 e. The maximum absolute atomic E-state index is 12.6. The van der Waals surface area contributed by atoms with Crippen LogP contribution in [0.2, 0.25) is 0 Å². The molecule has 1 aromatic carbocycles. The predicted octanol–water partition coefficient (Wildman–Crippen LogP) is 3.78. The van der Waals surface area contributed by atoms with Gasteiger partial charge in [0.25, 0.3) is 0 Å². The maximum Gasteiger partial charge on any atom is 0.306 e. The highest BCUT2D eigenvalue weighted by molar-refractivity contribution is 5.80. The molecule has 1 fully saturated rings. The van der Waals surface area contributed by atoms with E-state index in [0.717, 1.165) is 5.56 Å². The van der Waals surface area contributed by atoms with Gasteiger partial charge in [0, 0.05) is 5.92 Å². The summed E-state index contributed by atoms with van der Waals surface area (Å²) in [6.07, 6.45) is 2.51. The van der Waals surface area contributed by atoms with Crippen molar-refractivity contribution in [3.8, 4) is 0 Å². The van der Waals surface area contributed by atoms with Crippen LogP contribution in [-0.2, 0) is 9.59 Å². The normalized spacial score (nSPS) is 23.1. The van der Waals surface area contributed by atoms with E-state index in [0.29, 0.717) is 25.7 Å². The molecule has 1 aliphatic rings. The van der Waals surface area contributed by atoms with Crippen LogP contribution in [0.5, 0.6) is 0 Å². The monoisotopic (exact) mass is 317 g/mol. The molecule has 0 bridgehead atoms. The molecule has 1 unspecified atom stereocenters. The van der Waals surface area contributed by atoms with Gasteiger partial charge in [0.2, 0.25) is 5.91 Å². The number of hydrogen-bond acceptors (Lipinski definition) is 2. The molecule has 1 atom stereocenters. The van der Waals surface area contributed by atoms with Crippen LogP contribution in [0.3, 0.4) is 0 Å². The second-order valence-electron chi connectivity index (χ2n) is 7.61. The fourth-order valence-corrected chi connectivity index (χ4v) is 3.31. The summed E-state index contributed by atoms with van der Waals surface area (Å²) in [6, 6.07) is 9.97. The standard InChI is InChI=1S/C19H27NO3/c1-19(2,3)16(13-7-5-4-6-8-13)20-17(21)14-9-11-15(12-10-14)18(22)23/h4-8,14-16H,9-12H2,1-3H3,(H,20,21)(H,22,23). The summed E-state index contributed by atoms with van der Waals surface area (Å²) in [4.78, 5) is 23.7. The summed E-state index contributed by atoms with van der Waals surface area (Å²) in [6.45, 7) is 6.35. The third-order valence-electron chi connectivity index (χ3n) is 4.73. The van der Waals surface area contributed by atoms with Crippen LogP contribution < -0.4 is 5.32 Å². The number of amides is 1. The second kappa shape index (κ2) is 7.16. The Bertz CT molecular complexity index is 539. The Morgan fingerprint density at radius 2 is 1.57 bits per heavy atom. The first-order valence-electron chi connectivity index (χ1n) is 8.37. The van der Waals surface area contributed by atoms with Crippen molar-refractivity contribution in [1.82, 2.24) is 5.32 Å². The summed E-state index contributed by atoms with van der Waals surface area (Å²) in [5, 5.41) is 12.3. The van der Waals surface area contributed by atoms with Crippen molar-refractivity contribution in [1.29, 1.82) is 0 Å². The lowest BCUT2D eigenvalue weighted by Gasteiger charge is -2.34. The molecule has 1 saturated carbocycles. The molecule has 0 spiro atoms. The molecule has 2 N–H and O–H groups in total. The summed E-state index contributed by atoms with van der Waals surface area (Å²) in [5.74, 6) is -1.04. The van der Waals surface area contributed by atoms with Crippen LogP contribution >= 0.6 is 0 Å². The number of aliphatic carboxylic acids is 1. The van der Waals surface area contributed by atoms with Crippen molar-refractivity contribution in [2.45, 2.75) is 52.5 Å². The molecule has 0 saturated heterocycles. The van der Waals surface area contributed by atoms with Crippen molar-refractivity contribution in [2.24, 2.45) is 17.3 Å². The molecule has 0 aromatic heterocycles. The highest BCUT2D eigenvalue weighted by atomic mass is 16.4. The van der Waals surface area contributed by atoms with Crippen LogP contribution in [0.4, 0.5) is 0 Å². The van der Waals surface area contributed by atoms with Crippen LogP contribution in [0.25, 0.3) is 0 Å². The molecule has 2 rings (SSSR count). The summed E-state index contributed by atoms with van der Waals surface area (Å²) < 4.78 is 0. The van der Waals surface area contributed by atoms with Crippen LogP contribution in [-0.4, -0.2) is 17.0 Å². The minimum Gasteiger partial charge on any atom is -0.481 e. The lowest BCUT2D eigenvalue weighted by atomic mass is 9.79. The third-order valence-corrected chi connectivity index (χ3v) is 4.73. The van der Waals surface area contributed by atoms with Crippen LogP contribution in [0.15, 0.2) is 30.3 Å². The Kier molecular flexibility index (Phi) is 5.45. The second-order valence-corrected chi connectivity index (χ2v) is 7.61. The average molecular weight is 317 g/mol. The Labute approximate surface area is 138 Å². The van der Waals surface area contributed by atoms with Gasteiger partial charge in [-0.3, -0.25) is 9.59 Å². The van der Waals surface area contributed by atoms with E-state index in [1.54, 1.807) is 0 Å². The van der Waals surface area contributed by atoms with E-state index in [4.69, 9.17) is 5.11 Å². The molecule has 126 valence electrons. The van der Waals surface area contributed by atoms with E-state index >= 15 is 0 Å². The zero-order chi connectivity index (χ0) is 17.0. The largest absolute Gasteiger partial charge is 0.481 e. The number of benzene rings is 1. The van der Waals surface area contributed by atoms with Gasteiger partial charge in [-0.05, 0) is 36.7 Å². The van der Waals surface area contributed by atoms with Crippen LogP contribution in [0, 0.1) is 17.3 Å². The SMILES string of the molecule is CC(C)(C)C(NC(=O)C1CCC(C(=O)O)CC1)c1ccccc1. The fraction of sp³-hybridized carbons (Fsp3) is 0.579. The molecule has 1 aromatic rings. The lowest BCUT2D eigenvalue weighted by molar-refractivity contribution is -0.144. The Balaban J connectivity index is 2.03. The van der Waals surface area contributed by atoms with E-state index < -0.39 is 5.97 Å². The molecule has 0 aliphatic heterocycles. The Morgan fingerprint density at radius 1 is 1.04 bits per heavy atom. The molecule has 0 radical (unpaired) electrons. The minimum atomic E-state index is -0.735. The van der Waals surface area contributed by atoms with E-state index in [1.165, 1.54) is 0 Å². The van der Waals surface area contributed by atoms with Gasteiger partial charge < -0.3 is 10.4 Å². The van der Waals surface area contributed by atoms with Crippen molar-refractivity contribution < 1.29 is 14.7 Å². The van der Waals surface area contributed by atoms with Crippen molar-refractivity contribution in [3.05, 3.63) is 35.9 Å². The van der Waals surface area contributed by atoms with Gasteiger partial charge in [0.1, 0.15) is 0 Å². The first-order valence-corrected chi connectivity index (χ1v) is 8.37. The average Bonchev–Trinajstić information content (AvgIpc) is 2.52. The predicted molar refractivity (Wildman–Crippen MR) is 89.9 cm³/mol. The third kappa shape index (κ3) is 4.57. The van der Waals surface area contributed by atoms with Crippen molar-refractivity contribution >= 4 is 11.9 Å². The van der Waals surface area contributed by atoms with E-state index in [-0.39, 0.29) is 29.2 Å². The molecule has 23 heavy (non-hydrogen) atoms. The summed E-state index contributed by atoms with van der Waals surface area (Å²) in [7, 11) is 0. The summed E-state index contributed by atoms with van der Waals surface area (Å²) >= 11 is 0. The minimum absolute atomic E-state index is 0.0478. The highest BCUT2D eigenvalue weighted by Crippen LogP contribution is 2.34. The first kappa shape index (κ1) is 17.5. The van der Waals surface area contributed by atoms with Gasteiger partial charge in [-0.1, -0.05) is 51.1 Å². The van der Waals surface area contributed by atoms with Gasteiger partial charge in [-0.15, -0.1) is 0 Å². The van der Waals surface area contributed by atoms with E-state index in [9.17, 15) is 9.59 Å². The molecular weight excluding hydrogens is 290 g/mol. The Morgan fingerprint density at radius 3 is 2.04 bits per heavy atom. The fourth-order valence-electron chi connectivity index (χ4n) is 3.31. The molecule has 1 amide bonds. The quantitative estimate of drug-likeness (QED) is 0.888. The maximum atomic E-state index is 12.6.